The monoisotopic (exact) mass is 457 g/mol. The van der Waals surface area contributed by atoms with Crippen molar-refractivity contribution >= 4 is 53.7 Å². The van der Waals surface area contributed by atoms with Crippen LogP contribution in [0.2, 0.25) is 0 Å². The molecule has 0 saturated heterocycles. The van der Waals surface area contributed by atoms with Crippen LogP contribution < -0.4 is 4.90 Å². The topological polar surface area (TPSA) is 32.7 Å². The average Bonchev–Trinajstić information content (AvgIpc) is 2.70. The molecule has 0 bridgehead atoms. The number of benzene rings is 3. The van der Waals surface area contributed by atoms with Gasteiger partial charge in [0, 0.05) is 44.5 Å². The van der Waals surface area contributed by atoms with Crippen LogP contribution in [0, 0.1) is 0 Å². The second-order valence-electron chi connectivity index (χ2n) is 6.01. The van der Waals surface area contributed by atoms with Crippen LogP contribution >= 0.6 is 36.7 Å². The van der Waals surface area contributed by atoms with Gasteiger partial charge in [-0.1, -0.05) is 64.1 Å². The van der Waals surface area contributed by atoms with Gasteiger partial charge in [0.2, 0.25) is 9.03 Å². The first-order valence-corrected chi connectivity index (χ1v) is 10.8. The van der Waals surface area contributed by atoms with Gasteiger partial charge in [-0.3, -0.25) is 0 Å². The Morgan fingerprint density at radius 1 is 0.926 bits per heavy atom. The highest BCUT2D eigenvalue weighted by Crippen LogP contribution is 2.49. The predicted molar refractivity (Wildman–Crippen MR) is 119 cm³/mol. The molecule has 1 atom stereocenters. The largest absolute Gasteiger partial charge is 0.442 e. The molecule has 1 aliphatic heterocycles. The third kappa shape index (κ3) is 3.65. The van der Waals surface area contributed by atoms with Crippen molar-refractivity contribution in [1.82, 2.24) is 0 Å². The van der Waals surface area contributed by atoms with Gasteiger partial charge >= 0.3 is 0 Å². The number of rotatable bonds is 4. The van der Waals surface area contributed by atoms with Gasteiger partial charge in [0.25, 0.3) is 0 Å². The molecule has 1 unspecified atom stereocenters. The fourth-order valence-corrected chi connectivity index (χ4v) is 4.76. The highest BCUT2D eigenvalue weighted by atomic mass is 79.9. The molecule has 6 heteroatoms. The van der Waals surface area contributed by atoms with Crippen LogP contribution in [0.1, 0.15) is 11.1 Å². The lowest BCUT2D eigenvalue weighted by atomic mass is 9.91. The van der Waals surface area contributed by atoms with Crippen molar-refractivity contribution in [3.8, 4) is 0 Å². The summed E-state index contributed by atoms with van der Waals surface area (Å²) < 4.78 is 6.79. The molecule has 0 amide bonds. The maximum absolute atomic E-state index is 9.58. The molecule has 0 aromatic heterocycles. The minimum absolute atomic E-state index is 0.621. The molecule has 0 saturated carbocycles. The van der Waals surface area contributed by atoms with Gasteiger partial charge in [-0.05, 0) is 36.4 Å². The van der Waals surface area contributed by atoms with Gasteiger partial charge < -0.3 is 14.3 Å². The molecule has 27 heavy (non-hydrogen) atoms. The number of hydrogen-bond acceptors (Lipinski definition) is 4. The van der Waals surface area contributed by atoms with Gasteiger partial charge in [0.1, 0.15) is 0 Å². The zero-order chi connectivity index (χ0) is 18.8. The smallest absolute Gasteiger partial charge is 0.213 e. The molecule has 136 valence electrons. The molecule has 3 aromatic rings. The van der Waals surface area contributed by atoms with Gasteiger partial charge in [-0.25, -0.2) is 0 Å². The van der Waals surface area contributed by atoms with Crippen LogP contribution in [-0.2, 0) is 4.52 Å². The fourth-order valence-electron chi connectivity index (χ4n) is 3.22. The molecule has 1 heterocycles. The molecule has 1 N–H and O–H groups in total. The Hall–Kier alpha value is -1.78. The first-order valence-electron chi connectivity index (χ1n) is 8.35. The summed E-state index contributed by atoms with van der Waals surface area (Å²) in [5.41, 5.74) is 5.43. The van der Waals surface area contributed by atoms with Crippen molar-refractivity contribution in [1.29, 1.82) is 0 Å². The van der Waals surface area contributed by atoms with Gasteiger partial charge in [0.15, 0.2) is 5.09 Å². The van der Waals surface area contributed by atoms with E-state index in [9.17, 15) is 4.89 Å². The summed E-state index contributed by atoms with van der Waals surface area (Å²) in [5, 5.41) is 0.700. The second-order valence-corrected chi connectivity index (χ2v) is 8.35. The van der Waals surface area contributed by atoms with Crippen molar-refractivity contribution < 1.29 is 9.42 Å². The van der Waals surface area contributed by atoms with E-state index in [0.717, 1.165) is 37.4 Å². The van der Waals surface area contributed by atoms with Crippen LogP contribution in [-0.4, -0.2) is 11.9 Å². The number of anilines is 2. The van der Waals surface area contributed by atoms with Crippen LogP contribution in [0.5, 0.6) is 0 Å². The molecule has 4 rings (SSSR count). The Balaban J connectivity index is 1.92. The SMILES string of the molecule is CN1c2ccccc2C(=C(OPO)Sc2ccc(Br)cc2)c2ccccc21. The van der Waals surface area contributed by atoms with Gasteiger partial charge in [-0.2, -0.15) is 0 Å². The highest BCUT2D eigenvalue weighted by molar-refractivity contribution is 9.10. The first kappa shape index (κ1) is 18.6. The third-order valence-corrected chi connectivity index (χ3v) is 6.39. The van der Waals surface area contributed by atoms with Crippen LogP contribution in [0.3, 0.4) is 0 Å². The zero-order valence-corrected chi connectivity index (χ0v) is 17.9. The predicted octanol–water partition coefficient (Wildman–Crippen LogP) is 6.56. The summed E-state index contributed by atoms with van der Waals surface area (Å²) in [6.07, 6.45) is 0. The fraction of sp³-hybridized carbons (Fsp3) is 0.0476. The number of hydrogen-bond donors (Lipinski definition) is 1. The lowest BCUT2D eigenvalue weighted by Gasteiger charge is -2.32. The van der Waals surface area contributed by atoms with E-state index in [0.29, 0.717) is 5.09 Å². The molecule has 0 fully saturated rings. The highest BCUT2D eigenvalue weighted by Gasteiger charge is 2.27. The van der Waals surface area contributed by atoms with Crippen LogP contribution in [0.15, 0.2) is 87.3 Å². The maximum Gasteiger partial charge on any atom is 0.213 e. The van der Waals surface area contributed by atoms with E-state index in [1.54, 1.807) is 0 Å². The number of para-hydroxylation sites is 2. The Morgan fingerprint density at radius 3 is 2.04 bits per heavy atom. The molecule has 0 aliphatic carbocycles. The maximum atomic E-state index is 9.58. The van der Waals surface area contributed by atoms with E-state index in [4.69, 9.17) is 4.52 Å². The van der Waals surface area contributed by atoms with Gasteiger partial charge in [-0.15, -0.1) is 0 Å². The van der Waals surface area contributed by atoms with Crippen LogP contribution in [0.25, 0.3) is 5.57 Å². The first-order chi connectivity index (χ1) is 13.2. The third-order valence-electron chi connectivity index (χ3n) is 4.44. The Kier molecular flexibility index (Phi) is 5.55. The Bertz CT molecular complexity index is 958. The zero-order valence-electron chi connectivity index (χ0n) is 14.5. The number of fused-ring (bicyclic) bond motifs is 2. The van der Waals surface area contributed by atoms with E-state index in [1.807, 2.05) is 48.5 Å². The number of nitrogens with zero attached hydrogens (tertiary/aromatic N) is 1. The lowest BCUT2D eigenvalue weighted by molar-refractivity contribution is 0.455. The number of halogens is 1. The molecule has 1 aliphatic rings. The summed E-state index contributed by atoms with van der Waals surface area (Å²) in [7, 11) is 1.45. The second kappa shape index (κ2) is 8.07. The molecular weight excluding hydrogens is 441 g/mol. The average molecular weight is 458 g/mol. The summed E-state index contributed by atoms with van der Waals surface area (Å²) in [6, 6.07) is 24.6. The number of thioether (sulfide) groups is 1. The van der Waals surface area contributed by atoms with E-state index in [2.05, 4.69) is 52.1 Å². The quantitative estimate of drug-likeness (QED) is 0.273. The van der Waals surface area contributed by atoms with Crippen molar-refractivity contribution in [2.45, 2.75) is 4.90 Å². The molecule has 3 aromatic carbocycles. The van der Waals surface area contributed by atoms with Crippen molar-refractivity contribution in [3.05, 3.63) is 93.5 Å². The minimum Gasteiger partial charge on any atom is -0.442 e. The van der Waals surface area contributed by atoms with E-state index < -0.39 is 9.03 Å². The Morgan fingerprint density at radius 2 is 1.48 bits per heavy atom. The van der Waals surface area contributed by atoms with Crippen LogP contribution in [0.4, 0.5) is 11.4 Å². The minimum atomic E-state index is -0.621. The van der Waals surface area contributed by atoms with E-state index in [-0.39, 0.29) is 0 Å². The normalized spacial score (nSPS) is 12.9. The van der Waals surface area contributed by atoms with Crippen molar-refractivity contribution in [2.75, 3.05) is 11.9 Å². The standard InChI is InChI=1S/C21H17BrNO2PS/c1-23-18-8-4-2-6-16(18)20(17-7-3-5-9-19(17)23)21(25-26-24)27-15-12-10-14(22)11-13-15/h2-13,24,26H,1H3. The molecular formula is C21H17BrNO2PS. The lowest BCUT2D eigenvalue weighted by Crippen LogP contribution is -2.18. The summed E-state index contributed by atoms with van der Waals surface area (Å²) in [5.74, 6) is 0. The van der Waals surface area contributed by atoms with E-state index >= 15 is 0 Å². The summed E-state index contributed by atoms with van der Waals surface area (Å²) in [4.78, 5) is 12.8. The van der Waals surface area contributed by atoms with E-state index in [1.165, 1.54) is 11.8 Å². The Labute approximate surface area is 173 Å². The van der Waals surface area contributed by atoms with Crippen molar-refractivity contribution in [2.24, 2.45) is 0 Å². The molecule has 0 spiro atoms. The van der Waals surface area contributed by atoms with Gasteiger partial charge in [0.05, 0.1) is 0 Å². The van der Waals surface area contributed by atoms with Crippen molar-refractivity contribution in [3.63, 3.8) is 0 Å². The summed E-state index contributed by atoms with van der Waals surface area (Å²) in [6.45, 7) is 0. The molecule has 3 nitrogen and oxygen atoms in total. The summed E-state index contributed by atoms with van der Waals surface area (Å²) >= 11 is 4.99. The molecule has 0 radical (unpaired) electrons.